The maximum absolute atomic E-state index is 13.0. The quantitative estimate of drug-likeness (QED) is 0.417. The molecular formula is C28H32N6O2. The molecule has 0 bridgehead atoms. The van der Waals surface area contributed by atoms with Crippen LogP contribution < -0.4 is 15.0 Å². The van der Waals surface area contributed by atoms with E-state index in [0.717, 1.165) is 55.0 Å². The molecule has 1 aliphatic rings. The highest BCUT2D eigenvalue weighted by Crippen LogP contribution is 2.26. The number of hydrogen-bond acceptors (Lipinski definition) is 6. The van der Waals surface area contributed by atoms with E-state index in [4.69, 9.17) is 9.84 Å². The number of hydrogen-bond donors (Lipinski definition) is 1. The number of fused-ring (bicyclic) bond motifs is 1. The van der Waals surface area contributed by atoms with Crippen LogP contribution in [0.1, 0.15) is 43.9 Å². The molecule has 1 saturated heterocycles. The number of aromatic nitrogens is 4. The predicted molar refractivity (Wildman–Crippen MR) is 140 cm³/mol. The van der Waals surface area contributed by atoms with Crippen molar-refractivity contribution in [3.8, 4) is 17.1 Å². The molecule has 8 nitrogen and oxygen atoms in total. The standard InChI is InChI=1S/C28H32N6O2/c1-4-20-5-7-21(8-6-20)19(2)29-28(35)23-15-17-33(18-16-23)26-14-13-25-30-31-27(34(25)32-26)22-9-11-24(36-3)12-10-22/h5-14,19,23H,4,15-18H2,1-3H3,(H,29,35)/t19-/m1/s1. The van der Waals surface area contributed by atoms with Crippen LogP contribution in [-0.2, 0) is 11.2 Å². The third-order valence-electron chi connectivity index (χ3n) is 7.03. The van der Waals surface area contributed by atoms with Gasteiger partial charge in [-0.25, -0.2) is 0 Å². The molecule has 1 fully saturated rings. The minimum absolute atomic E-state index is 0.00405. The van der Waals surface area contributed by atoms with Crippen LogP contribution in [0.25, 0.3) is 17.0 Å². The van der Waals surface area contributed by atoms with Crippen LogP contribution in [-0.4, -0.2) is 45.9 Å². The first-order chi connectivity index (χ1) is 17.6. The first kappa shape index (κ1) is 23.8. The van der Waals surface area contributed by atoms with Gasteiger partial charge in [0.2, 0.25) is 5.91 Å². The highest BCUT2D eigenvalue weighted by atomic mass is 16.5. The summed E-state index contributed by atoms with van der Waals surface area (Å²) in [7, 11) is 1.65. The van der Waals surface area contributed by atoms with Gasteiger partial charge in [0.1, 0.15) is 11.6 Å². The number of carbonyl (C=O) groups is 1. The molecule has 0 saturated carbocycles. The monoisotopic (exact) mass is 484 g/mol. The van der Waals surface area contributed by atoms with Crippen molar-refractivity contribution >= 4 is 17.4 Å². The molecule has 1 aliphatic heterocycles. The van der Waals surface area contributed by atoms with Gasteiger partial charge in [-0.2, -0.15) is 4.52 Å². The SMILES string of the molecule is CCc1ccc([C@@H](C)NC(=O)C2CCN(c3ccc4nnc(-c5ccc(OC)cc5)n4n3)CC2)cc1. The Morgan fingerprint density at radius 3 is 2.42 bits per heavy atom. The zero-order valence-electron chi connectivity index (χ0n) is 21.0. The molecule has 5 rings (SSSR count). The molecule has 0 aliphatic carbocycles. The molecular weight excluding hydrogens is 452 g/mol. The van der Waals surface area contributed by atoms with E-state index >= 15 is 0 Å². The second-order valence-electron chi connectivity index (χ2n) is 9.30. The summed E-state index contributed by atoms with van der Waals surface area (Å²) in [5.41, 5.74) is 4.05. The molecule has 4 aromatic rings. The molecule has 0 radical (unpaired) electrons. The molecule has 0 spiro atoms. The number of nitrogens with one attached hydrogen (secondary N) is 1. The number of rotatable bonds is 7. The molecule has 2 aromatic heterocycles. The van der Waals surface area contributed by atoms with Gasteiger partial charge in [-0.15, -0.1) is 15.3 Å². The highest BCUT2D eigenvalue weighted by Gasteiger charge is 2.27. The van der Waals surface area contributed by atoms with Crippen molar-refractivity contribution in [2.24, 2.45) is 5.92 Å². The van der Waals surface area contributed by atoms with Crippen molar-refractivity contribution < 1.29 is 9.53 Å². The van der Waals surface area contributed by atoms with Crippen LogP contribution in [0, 0.1) is 5.92 Å². The van der Waals surface area contributed by atoms with Crippen LogP contribution in [0.2, 0.25) is 0 Å². The minimum Gasteiger partial charge on any atom is -0.497 e. The van der Waals surface area contributed by atoms with Crippen molar-refractivity contribution in [2.75, 3.05) is 25.1 Å². The number of nitrogens with zero attached hydrogens (tertiary/aromatic N) is 5. The maximum atomic E-state index is 13.0. The lowest BCUT2D eigenvalue weighted by molar-refractivity contribution is -0.126. The predicted octanol–water partition coefficient (Wildman–Crippen LogP) is 4.46. The third-order valence-corrected chi connectivity index (χ3v) is 7.03. The Balaban J connectivity index is 1.23. The lowest BCUT2D eigenvalue weighted by Gasteiger charge is -2.32. The van der Waals surface area contributed by atoms with Crippen molar-refractivity contribution in [1.29, 1.82) is 0 Å². The van der Waals surface area contributed by atoms with Gasteiger partial charge in [-0.05, 0) is 73.7 Å². The van der Waals surface area contributed by atoms with E-state index in [1.165, 1.54) is 5.56 Å². The Morgan fingerprint density at radius 1 is 1.03 bits per heavy atom. The van der Waals surface area contributed by atoms with Gasteiger partial charge < -0.3 is 15.0 Å². The Kier molecular flexibility index (Phi) is 6.84. The molecule has 1 amide bonds. The molecule has 8 heteroatoms. The smallest absolute Gasteiger partial charge is 0.223 e. The van der Waals surface area contributed by atoms with Crippen molar-refractivity contribution in [3.05, 3.63) is 71.8 Å². The van der Waals surface area contributed by atoms with Gasteiger partial charge in [-0.3, -0.25) is 4.79 Å². The Hall–Kier alpha value is -3.94. The zero-order valence-corrected chi connectivity index (χ0v) is 21.0. The summed E-state index contributed by atoms with van der Waals surface area (Å²) < 4.78 is 7.04. The molecule has 3 heterocycles. The third kappa shape index (κ3) is 4.89. The van der Waals surface area contributed by atoms with E-state index in [2.05, 4.69) is 51.6 Å². The summed E-state index contributed by atoms with van der Waals surface area (Å²) in [6.07, 6.45) is 2.60. The Labute approximate surface area is 211 Å². The number of carbonyl (C=O) groups excluding carboxylic acids is 1. The normalized spacial score (nSPS) is 15.1. The van der Waals surface area contributed by atoms with E-state index < -0.39 is 0 Å². The van der Waals surface area contributed by atoms with Gasteiger partial charge in [0, 0.05) is 24.6 Å². The van der Waals surface area contributed by atoms with Crippen molar-refractivity contribution in [1.82, 2.24) is 25.1 Å². The fourth-order valence-electron chi connectivity index (χ4n) is 4.70. The van der Waals surface area contributed by atoms with E-state index in [9.17, 15) is 4.79 Å². The summed E-state index contributed by atoms with van der Waals surface area (Å²) in [6.45, 7) is 5.74. The van der Waals surface area contributed by atoms with Gasteiger partial charge in [0.25, 0.3) is 0 Å². The largest absolute Gasteiger partial charge is 0.497 e. The second-order valence-corrected chi connectivity index (χ2v) is 9.30. The van der Waals surface area contributed by atoms with Crippen molar-refractivity contribution in [2.45, 2.75) is 39.2 Å². The first-order valence-corrected chi connectivity index (χ1v) is 12.6. The number of methoxy groups -OCH3 is 1. The Bertz CT molecular complexity index is 1320. The van der Waals surface area contributed by atoms with Gasteiger partial charge in [0.15, 0.2) is 11.5 Å². The van der Waals surface area contributed by atoms with Crippen molar-refractivity contribution in [3.63, 3.8) is 0 Å². The molecule has 1 N–H and O–H groups in total. The summed E-state index contributed by atoms with van der Waals surface area (Å²) in [4.78, 5) is 15.2. The first-order valence-electron chi connectivity index (χ1n) is 12.6. The number of ether oxygens (including phenoxy) is 1. The average Bonchev–Trinajstić information content (AvgIpc) is 3.36. The summed E-state index contributed by atoms with van der Waals surface area (Å²) in [5, 5.41) is 16.7. The number of aryl methyl sites for hydroxylation is 1. The van der Waals surface area contributed by atoms with Crippen LogP contribution in [0.3, 0.4) is 0 Å². The topological polar surface area (TPSA) is 84.7 Å². The van der Waals surface area contributed by atoms with Crippen LogP contribution in [0.4, 0.5) is 5.82 Å². The zero-order chi connectivity index (χ0) is 25.1. The van der Waals surface area contributed by atoms with E-state index in [1.54, 1.807) is 11.6 Å². The van der Waals surface area contributed by atoms with E-state index in [0.29, 0.717) is 11.5 Å². The highest BCUT2D eigenvalue weighted by molar-refractivity contribution is 5.79. The number of piperidine rings is 1. The number of benzene rings is 2. The second kappa shape index (κ2) is 10.4. The molecule has 0 unspecified atom stereocenters. The van der Waals surface area contributed by atoms with Gasteiger partial charge >= 0.3 is 0 Å². The fourth-order valence-corrected chi connectivity index (χ4v) is 4.70. The molecule has 1 atom stereocenters. The average molecular weight is 485 g/mol. The number of amides is 1. The lowest BCUT2D eigenvalue weighted by atomic mass is 9.95. The lowest BCUT2D eigenvalue weighted by Crippen LogP contribution is -2.41. The molecule has 2 aromatic carbocycles. The van der Waals surface area contributed by atoms with Crippen LogP contribution in [0.15, 0.2) is 60.7 Å². The summed E-state index contributed by atoms with van der Waals surface area (Å²) in [5.74, 6) is 2.47. The maximum Gasteiger partial charge on any atom is 0.223 e. The van der Waals surface area contributed by atoms with Gasteiger partial charge in [-0.1, -0.05) is 31.2 Å². The van der Waals surface area contributed by atoms with E-state index in [1.807, 2.05) is 43.3 Å². The summed E-state index contributed by atoms with van der Waals surface area (Å²) >= 11 is 0. The fraction of sp³-hybridized carbons (Fsp3) is 0.357. The van der Waals surface area contributed by atoms with Gasteiger partial charge in [0.05, 0.1) is 13.2 Å². The number of anilines is 1. The van der Waals surface area contributed by atoms with E-state index in [-0.39, 0.29) is 17.9 Å². The Morgan fingerprint density at radius 2 is 1.75 bits per heavy atom. The molecule has 186 valence electrons. The van der Waals surface area contributed by atoms with Crippen LogP contribution in [0.5, 0.6) is 5.75 Å². The molecule has 36 heavy (non-hydrogen) atoms. The minimum atomic E-state index is -0.00405. The van der Waals surface area contributed by atoms with Crippen LogP contribution >= 0.6 is 0 Å². The summed E-state index contributed by atoms with van der Waals surface area (Å²) in [6, 6.07) is 20.1.